The highest BCUT2D eigenvalue weighted by molar-refractivity contribution is 6.03. The van der Waals surface area contributed by atoms with Crippen molar-refractivity contribution in [2.75, 3.05) is 24.5 Å². The van der Waals surface area contributed by atoms with Crippen LogP contribution in [0.4, 0.5) is 10.1 Å². The van der Waals surface area contributed by atoms with E-state index in [-0.39, 0.29) is 29.5 Å². The molecule has 7 heteroatoms. The fourth-order valence-electron chi connectivity index (χ4n) is 7.46. The summed E-state index contributed by atoms with van der Waals surface area (Å²) in [5.74, 6) is -0.108. The smallest absolute Gasteiger partial charge is 0.234 e. The number of halogens is 2. The molecule has 1 spiro atoms. The van der Waals surface area contributed by atoms with Gasteiger partial charge < -0.3 is 10.2 Å². The number of nitrogens with one attached hydrogen (secondary N) is 1. The summed E-state index contributed by atoms with van der Waals surface area (Å²) >= 11 is 0. The minimum absolute atomic E-state index is 0. The van der Waals surface area contributed by atoms with Gasteiger partial charge in [0.25, 0.3) is 0 Å². The molecule has 2 fully saturated rings. The van der Waals surface area contributed by atoms with Gasteiger partial charge in [-0.1, -0.05) is 91.0 Å². The van der Waals surface area contributed by atoms with Gasteiger partial charge >= 0.3 is 0 Å². The van der Waals surface area contributed by atoms with Crippen molar-refractivity contribution in [3.63, 3.8) is 0 Å². The van der Waals surface area contributed by atoms with Gasteiger partial charge in [-0.05, 0) is 78.5 Å². The van der Waals surface area contributed by atoms with E-state index in [0.29, 0.717) is 6.54 Å². The molecule has 3 heterocycles. The fraction of sp³-hybridized carbons (Fsp3) is 0.179. The number of amides is 1. The molecule has 5 aromatic carbocycles. The van der Waals surface area contributed by atoms with E-state index in [4.69, 9.17) is 5.10 Å². The Bertz CT molecular complexity index is 1890. The standard InChI is InChI=1S/C39H33FN4O.ClH/c40-32-18-16-28(17-19-32)36-34-26-33(43-25-23-38(37(43)45)22-24-41-27-38)20-21-35(34)44(42-36)39(29-10-4-1-5-11-29,30-12-6-2-7-13-30)31-14-8-3-9-15-31;/h1-21,26,41H,22-25,27H2;1H. The number of carbonyl (C=O) groups is 1. The van der Waals surface area contributed by atoms with E-state index in [1.165, 1.54) is 12.1 Å². The number of nitrogens with zero attached hydrogens (tertiary/aromatic N) is 3. The van der Waals surface area contributed by atoms with Gasteiger partial charge in [-0.25, -0.2) is 9.07 Å². The molecule has 1 atom stereocenters. The van der Waals surface area contributed by atoms with Crippen molar-refractivity contribution >= 4 is 34.9 Å². The van der Waals surface area contributed by atoms with Crippen molar-refractivity contribution in [1.82, 2.24) is 15.1 Å². The summed E-state index contributed by atoms with van der Waals surface area (Å²) in [6.07, 6.45) is 1.72. The van der Waals surface area contributed by atoms with Crippen LogP contribution in [-0.2, 0) is 10.3 Å². The highest BCUT2D eigenvalue weighted by Gasteiger charge is 2.49. The molecule has 0 bridgehead atoms. The summed E-state index contributed by atoms with van der Waals surface area (Å²) in [5, 5.41) is 9.73. The fourth-order valence-corrected chi connectivity index (χ4v) is 7.46. The van der Waals surface area contributed by atoms with Crippen molar-refractivity contribution < 1.29 is 9.18 Å². The van der Waals surface area contributed by atoms with Crippen molar-refractivity contribution in [1.29, 1.82) is 0 Å². The normalized spacial score (nSPS) is 17.9. The molecule has 2 aliphatic rings. The Morgan fingerprint density at radius 1 is 0.739 bits per heavy atom. The summed E-state index contributed by atoms with van der Waals surface area (Å²) in [7, 11) is 0. The van der Waals surface area contributed by atoms with Crippen molar-refractivity contribution in [3.8, 4) is 11.3 Å². The topological polar surface area (TPSA) is 50.2 Å². The molecule has 0 saturated carbocycles. The van der Waals surface area contributed by atoms with Crippen LogP contribution in [0, 0.1) is 11.2 Å². The molecule has 1 unspecified atom stereocenters. The molecule has 230 valence electrons. The van der Waals surface area contributed by atoms with Crippen LogP contribution in [-0.4, -0.2) is 35.3 Å². The average molecular weight is 629 g/mol. The number of benzene rings is 5. The van der Waals surface area contributed by atoms with Crippen LogP contribution in [0.2, 0.25) is 0 Å². The summed E-state index contributed by atoms with van der Waals surface area (Å²) in [6, 6.07) is 44.1. The molecular formula is C39H34ClFN4O. The molecule has 46 heavy (non-hydrogen) atoms. The van der Waals surface area contributed by atoms with Gasteiger partial charge in [-0.15, -0.1) is 12.4 Å². The number of rotatable bonds is 6. The Labute approximate surface area is 274 Å². The lowest BCUT2D eigenvalue weighted by atomic mass is 9.77. The van der Waals surface area contributed by atoms with Crippen LogP contribution in [0.25, 0.3) is 22.2 Å². The van der Waals surface area contributed by atoms with Gasteiger partial charge in [0.1, 0.15) is 17.1 Å². The van der Waals surface area contributed by atoms with E-state index in [9.17, 15) is 9.18 Å². The van der Waals surface area contributed by atoms with Crippen LogP contribution < -0.4 is 10.2 Å². The number of fused-ring (bicyclic) bond motifs is 1. The highest BCUT2D eigenvalue weighted by Crippen LogP contribution is 2.45. The second-order valence-corrected chi connectivity index (χ2v) is 12.2. The number of anilines is 1. The van der Waals surface area contributed by atoms with E-state index in [1.807, 2.05) is 23.1 Å². The second-order valence-electron chi connectivity index (χ2n) is 12.2. The molecular weight excluding hydrogens is 595 g/mol. The maximum Gasteiger partial charge on any atom is 0.234 e. The summed E-state index contributed by atoms with van der Waals surface area (Å²) in [4.78, 5) is 15.7. The SMILES string of the molecule is Cl.O=C1N(c2ccc3c(c2)c(-c2ccc(F)cc2)nn3C(c2ccccc2)(c2ccccc2)c2ccccc2)CCC12CCNC2. The number of carbonyl (C=O) groups excluding carboxylic acids is 1. The summed E-state index contributed by atoms with van der Waals surface area (Å²) in [6.45, 7) is 2.30. The van der Waals surface area contributed by atoms with Crippen LogP contribution >= 0.6 is 12.4 Å². The predicted octanol–water partition coefficient (Wildman–Crippen LogP) is 7.82. The third-order valence-electron chi connectivity index (χ3n) is 9.74. The summed E-state index contributed by atoms with van der Waals surface area (Å²) < 4.78 is 16.3. The minimum Gasteiger partial charge on any atom is -0.316 e. The van der Waals surface area contributed by atoms with Gasteiger partial charge in [-0.3, -0.25) is 4.79 Å². The molecule has 5 nitrogen and oxygen atoms in total. The first-order valence-corrected chi connectivity index (χ1v) is 15.6. The maximum atomic E-state index is 14.2. The molecule has 0 radical (unpaired) electrons. The Morgan fingerprint density at radius 3 is 1.87 bits per heavy atom. The molecule has 1 N–H and O–H groups in total. The van der Waals surface area contributed by atoms with Crippen LogP contribution in [0.3, 0.4) is 0 Å². The largest absolute Gasteiger partial charge is 0.316 e. The minimum atomic E-state index is -0.829. The Hall–Kier alpha value is -4.78. The van der Waals surface area contributed by atoms with Crippen molar-refractivity contribution in [2.45, 2.75) is 18.4 Å². The monoisotopic (exact) mass is 628 g/mol. The Morgan fingerprint density at radius 2 is 1.33 bits per heavy atom. The van der Waals surface area contributed by atoms with Crippen molar-refractivity contribution in [2.24, 2.45) is 5.41 Å². The second kappa shape index (κ2) is 11.9. The lowest BCUT2D eigenvalue weighted by Crippen LogP contribution is -2.38. The Balaban J connectivity index is 0.00000338. The molecule has 8 rings (SSSR count). The van der Waals surface area contributed by atoms with E-state index in [2.05, 4.69) is 101 Å². The van der Waals surface area contributed by atoms with Gasteiger partial charge in [-0.2, -0.15) is 5.10 Å². The molecule has 2 aliphatic heterocycles. The van der Waals surface area contributed by atoms with Crippen LogP contribution in [0.15, 0.2) is 133 Å². The molecule has 0 aliphatic carbocycles. The van der Waals surface area contributed by atoms with Crippen molar-refractivity contribution in [3.05, 3.63) is 156 Å². The third-order valence-corrected chi connectivity index (χ3v) is 9.74. The molecule has 1 aromatic heterocycles. The molecule has 6 aromatic rings. The Kier molecular flexibility index (Phi) is 7.71. The first-order valence-electron chi connectivity index (χ1n) is 15.6. The number of hydrogen-bond acceptors (Lipinski definition) is 3. The van der Waals surface area contributed by atoms with Gasteiger partial charge in [0.05, 0.1) is 10.9 Å². The molecule has 2 saturated heterocycles. The zero-order valence-corrected chi connectivity index (χ0v) is 26.1. The zero-order valence-electron chi connectivity index (χ0n) is 25.3. The van der Waals surface area contributed by atoms with E-state index >= 15 is 0 Å². The summed E-state index contributed by atoms with van der Waals surface area (Å²) in [5.41, 5.74) is 5.37. The number of hydrogen-bond donors (Lipinski definition) is 1. The van der Waals surface area contributed by atoms with E-state index in [0.717, 1.165) is 70.5 Å². The quantitative estimate of drug-likeness (QED) is 0.191. The van der Waals surface area contributed by atoms with E-state index in [1.54, 1.807) is 12.1 Å². The average Bonchev–Trinajstić information content (AvgIpc) is 3.82. The van der Waals surface area contributed by atoms with Crippen LogP contribution in [0.1, 0.15) is 29.5 Å². The lowest BCUT2D eigenvalue weighted by molar-refractivity contribution is -0.124. The van der Waals surface area contributed by atoms with Gasteiger partial charge in [0.15, 0.2) is 0 Å². The maximum absolute atomic E-state index is 14.2. The van der Waals surface area contributed by atoms with Gasteiger partial charge in [0, 0.05) is 29.7 Å². The lowest BCUT2D eigenvalue weighted by Gasteiger charge is -2.37. The first-order chi connectivity index (χ1) is 22.1. The van der Waals surface area contributed by atoms with E-state index < -0.39 is 5.54 Å². The van der Waals surface area contributed by atoms with Gasteiger partial charge in [0.2, 0.25) is 5.91 Å². The third kappa shape index (κ3) is 4.63. The number of aromatic nitrogens is 2. The molecule has 1 amide bonds. The predicted molar refractivity (Wildman–Crippen MR) is 184 cm³/mol. The zero-order chi connectivity index (χ0) is 30.4. The van der Waals surface area contributed by atoms with Crippen LogP contribution in [0.5, 0.6) is 0 Å². The first kappa shape index (κ1) is 29.9. The highest BCUT2D eigenvalue weighted by atomic mass is 35.5.